The molecule has 5 heteroatoms. The minimum absolute atomic E-state index is 0. The van der Waals surface area contributed by atoms with E-state index < -0.39 is 0 Å². The Balaban J connectivity index is 0.00000272. The zero-order valence-corrected chi connectivity index (χ0v) is 21.0. The van der Waals surface area contributed by atoms with Crippen molar-refractivity contribution >= 4 is 23.9 Å². The highest BCUT2D eigenvalue weighted by molar-refractivity contribution is 5.86. The second-order valence-corrected chi connectivity index (χ2v) is 9.16. The lowest BCUT2D eigenvalue weighted by Crippen LogP contribution is -2.33. The van der Waals surface area contributed by atoms with Gasteiger partial charge in [0.25, 0.3) is 0 Å². The second-order valence-electron chi connectivity index (χ2n) is 9.16. The zero-order chi connectivity index (χ0) is 21.6. The first-order valence-electron chi connectivity index (χ1n) is 11.6. The van der Waals surface area contributed by atoms with Gasteiger partial charge in [0, 0.05) is 23.8 Å². The van der Waals surface area contributed by atoms with Gasteiger partial charge in [0.05, 0.1) is 11.3 Å². The maximum atomic E-state index is 5.13. The van der Waals surface area contributed by atoms with Gasteiger partial charge in [-0.3, -0.25) is 0 Å². The lowest BCUT2D eigenvalue weighted by Gasteiger charge is -2.27. The van der Waals surface area contributed by atoms with E-state index in [0.717, 1.165) is 24.3 Å². The fourth-order valence-corrected chi connectivity index (χ4v) is 5.41. The Morgan fingerprint density at radius 3 is 2.23 bits per heavy atom. The molecule has 4 nitrogen and oxygen atoms in total. The summed E-state index contributed by atoms with van der Waals surface area (Å²) < 4.78 is 2.16. The minimum Gasteiger partial charge on any atom is -0.353 e. The summed E-state index contributed by atoms with van der Waals surface area (Å²) in [5.41, 5.74) is 11.0. The van der Waals surface area contributed by atoms with E-state index in [9.17, 15) is 0 Å². The van der Waals surface area contributed by atoms with Gasteiger partial charge in [-0.25, -0.2) is 4.98 Å². The maximum Gasteiger partial charge on any atom is 0.165 e. The van der Waals surface area contributed by atoms with E-state index >= 15 is 0 Å². The van der Waals surface area contributed by atoms with Crippen LogP contribution >= 0.6 is 12.4 Å². The molecular weight excluding hydrogens is 404 g/mol. The third-order valence-corrected chi connectivity index (χ3v) is 6.67. The third kappa shape index (κ3) is 3.95. The predicted octanol–water partition coefficient (Wildman–Crippen LogP) is 6.69. The van der Waals surface area contributed by atoms with Crippen LogP contribution in [0.15, 0.2) is 12.1 Å². The van der Waals surface area contributed by atoms with Crippen LogP contribution in [0.25, 0.3) is 16.8 Å². The van der Waals surface area contributed by atoms with Crippen LogP contribution in [-0.2, 0) is 6.42 Å². The highest BCUT2D eigenvalue weighted by Gasteiger charge is 2.34. The Morgan fingerprint density at radius 2 is 1.61 bits per heavy atom. The van der Waals surface area contributed by atoms with Gasteiger partial charge in [-0.15, -0.1) is 12.4 Å². The van der Waals surface area contributed by atoms with Crippen LogP contribution in [-0.4, -0.2) is 27.2 Å². The zero-order valence-electron chi connectivity index (χ0n) is 20.2. The highest BCUT2D eigenvalue weighted by Crippen LogP contribution is 2.40. The summed E-state index contributed by atoms with van der Waals surface area (Å²) in [7, 11) is 0. The lowest BCUT2D eigenvalue weighted by atomic mass is 9.94. The molecule has 1 unspecified atom stereocenters. The number of benzene rings is 1. The van der Waals surface area contributed by atoms with Gasteiger partial charge in [-0.05, 0) is 70.6 Å². The van der Waals surface area contributed by atoms with Crippen LogP contribution in [0, 0.1) is 34.6 Å². The van der Waals surface area contributed by atoms with E-state index in [1.165, 1.54) is 70.6 Å². The topological polar surface area (TPSA) is 33.4 Å². The molecule has 2 aromatic heterocycles. The summed E-state index contributed by atoms with van der Waals surface area (Å²) in [6.45, 7) is 16.6. The number of unbranched alkanes of at least 4 members (excludes halogenated alkanes) is 1. The summed E-state index contributed by atoms with van der Waals surface area (Å²) in [6, 6.07) is 5.12. The summed E-state index contributed by atoms with van der Waals surface area (Å²) >= 11 is 0. The molecule has 3 aromatic rings. The summed E-state index contributed by atoms with van der Waals surface area (Å²) in [5.74, 6) is 1.29. The number of hydrogen-bond acceptors (Lipinski definition) is 3. The number of fused-ring (bicyclic) bond motifs is 3. The van der Waals surface area contributed by atoms with Crippen LogP contribution < -0.4 is 4.90 Å². The van der Waals surface area contributed by atoms with E-state index in [1.54, 1.807) is 0 Å². The Hall–Kier alpha value is -2.07. The molecule has 0 N–H and O–H groups in total. The van der Waals surface area contributed by atoms with Crippen LogP contribution in [0.3, 0.4) is 0 Å². The Bertz CT molecular complexity index is 1080. The van der Waals surface area contributed by atoms with Gasteiger partial charge in [0.1, 0.15) is 5.82 Å². The highest BCUT2D eigenvalue weighted by atomic mass is 35.5. The van der Waals surface area contributed by atoms with E-state index in [-0.39, 0.29) is 12.4 Å². The molecule has 1 aliphatic heterocycles. The molecule has 0 radical (unpaired) electrons. The van der Waals surface area contributed by atoms with Crippen molar-refractivity contribution in [1.82, 2.24) is 14.6 Å². The number of nitrogens with zero attached hydrogens (tertiary/aromatic N) is 4. The van der Waals surface area contributed by atoms with E-state index in [2.05, 4.69) is 70.0 Å². The Labute approximate surface area is 193 Å². The molecule has 0 amide bonds. The third-order valence-electron chi connectivity index (χ3n) is 6.67. The van der Waals surface area contributed by atoms with Crippen molar-refractivity contribution in [2.24, 2.45) is 0 Å². The molecule has 1 atom stereocenters. The first kappa shape index (κ1) is 23.6. The molecule has 1 aromatic carbocycles. The smallest absolute Gasteiger partial charge is 0.165 e. The summed E-state index contributed by atoms with van der Waals surface area (Å²) in [5, 5.41) is 5.07. The van der Waals surface area contributed by atoms with Crippen LogP contribution in [0.1, 0.15) is 73.2 Å². The molecule has 0 saturated heterocycles. The SMILES string of the molecule is CCCCN1c2c(c(C)nc3c(-c4c(C)cc(C)cc4C)c(C)nn23)CC1CCC.Cl. The molecule has 0 aliphatic carbocycles. The molecule has 0 fully saturated rings. The number of anilines is 1. The van der Waals surface area contributed by atoms with Crippen molar-refractivity contribution in [3.8, 4) is 11.1 Å². The molecule has 31 heavy (non-hydrogen) atoms. The van der Waals surface area contributed by atoms with Gasteiger partial charge in [0.15, 0.2) is 5.65 Å². The largest absolute Gasteiger partial charge is 0.353 e. The average molecular weight is 441 g/mol. The first-order chi connectivity index (χ1) is 14.4. The second kappa shape index (κ2) is 9.20. The van der Waals surface area contributed by atoms with E-state index in [4.69, 9.17) is 10.1 Å². The quantitative estimate of drug-likeness (QED) is 0.428. The minimum atomic E-state index is 0. The van der Waals surface area contributed by atoms with Crippen molar-refractivity contribution in [3.63, 3.8) is 0 Å². The number of rotatable bonds is 6. The van der Waals surface area contributed by atoms with Crippen molar-refractivity contribution in [1.29, 1.82) is 0 Å². The van der Waals surface area contributed by atoms with E-state index in [1.807, 2.05) is 0 Å². The monoisotopic (exact) mass is 440 g/mol. The molecular formula is C26H37ClN4. The summed E-state index contributed by atoms with van der Waals surface area (Å²) in [4.78, 5) is 7.77. The number of halogens is 1. The predicted molar refractivity (Wildman–Crippen MR) is 134 cm³/mol. The molecule has 3 heterocycles. The van der Waals surface area contributed by atoms with Gasteiger partial charge >= 0.3 is 0 Å². The number of aryl methyl sites for hydroxylation is 5. The van der Waals surface area contributed by atoms with Crippen LogP contribution in [0.4, 0.5) is 5.82 Å². The molecule has 1 aliphatic rings. The molecule has 4 rings (SSSR count). The summed E-state index contributed by atoms with van der Waals surface area (Å²) in [6.07, 6.45) is 5.96. The fourth-order valence-electron chi connectivity index (χ4n) is 5.41. The average Bonchev–Trinajstić information content (AvgIpc) is 3.18. The van der Waals surface area contributed by atoms with Gasteiger partial charge in [-0.1, -0.05) is 44.4 Å². The fraction of sp³-hybridized carbons (Fsp3) is 0.538. The van der Waals surface area contributed by atoms with Crippen molar-refractivity contribution < 1.29 is 0 Å². The number of aromatic nitrogens is 3. The van der Waals surface area contributed by atoms with Gasteiger partial charge in [0.2, 0.25) is 0 Å². The van der Waals surface area contributed by atoms with Crippen LogP contribution in [0.2, 0.25) is 0 Å². The molecule has 0 bridgehead atoms. The molecule has 0 spiro atoms. The van der Waals surface area contributed by atoms with Crippen LogP contribution in [0.5, 0.6) is 0 Å². The van der Waals surface area contributed by atoms with Crippen molar-refractivity contribution in [2.75, 3.05) is 11.4 Å². The van der Waals surface area contributed by atoms with E-state index in [0.29, 0.717) is 6.04 Å². The first-order valence-corrected chi connectivity index (χ1v) is 11.6. The normalized spacial score (nSPS) is 15.5. The van der Waals surface area contributed by atoms with Crippen molar-refractivity contribution in [3.05, 3.63) is 45.8 Å². The van der Waals surface area contributed by atoms with Gasteiger partial charge in [-0.2, -0.15) is 9.61 Å². The van der Waals surface area contributed by atoms with Gasteiger partial charge < -0.3 is 4.90 Å². The molecule has 0 saturated carbocycles. The molecule has 168 valence electrons. The lowest BCUT2D eigenvalue weighted by molar-refractivity contribution is 0.551. The number of hydrogen-bond donors (Lipinski definition) is 0. The standard InChI is InChI=1S/C26H36N4.ClH/c1-8-10-12-29-21(11-9-2)15-22-19(6)27-25-24(20(7)28-30(25)26(22)29)23-17(4)13-16(3)14-18(23)5;/h13-14,21H,8-12,15H2,1-7H3;1H. The Morgan fingerprint density at radius 1 is 0.935 bits per heavy atom. The van der Waals surface area contributed by atoms with Crippen molar-refractivity contribution in [2.45, 2.75) is 86.6 Å². The Kier molecular flexibility index (Phi) is 7.00. The maximum absolute atomic E-state index is 5.13.